The van der Waals surface area contributed by atoms with Gasteiger partial charge in [-0.2, -0.15) is 0 Å². The molecule has 14 rings (SSSR count). The lowest BCUT2D eigenvalue weighted by molar-refractivity contribution is -0.131. The molecular weight excluding hydrogens is 1650 g/mol. The van der Waals surface area contributed by atoms with Crippen molar-refractivity contribution in [3.8, 4) is 11.5 Å². The monoisotopic (exact) mass is 1770 g/mol. The van der Waals surface area contributed by atoms with E-state index in [1.54, 1.807) is 67.6 Å². The molecule has 0 fully saturated rings. The van der Waals surface area contributed by atoms with Gasteiger partial charge in [-0.1, -0.05) is 252 Å². The summed E-state index contributed by atoms with van der Waals surface area (Å²) in [6, 6.07) is 61.0. The second-order valence-electron chi connectivity index (χ2n) is 36.5. The number of aliphatic carboxylic acids is 1. The van der Waals surface area contributed by atoms with E-state index in [1.165, 1.54) is 60.9 Å². The molecule has 1 unspecified atom stereocenters. The fourth-order valence-electron chi connectivity index (χ4n) is 16.7. The van der Waals surface area contributed by atoms with Crippen LogP contribution in [0.1, 0.15) is 287 Å². The number of benzene rings is 9. The van der Waals surface area contributed by atoms with Crippen LogP contribution in [0.4, 0.5) is 5.69 Å². The van der Waals surface area contributed by atoms with Crippen molar-refractivity contribution in [2.75, 3.05) is 30.0 Å². The van der Waals surface area contributed by atoms with Crippen molar-refractivity contribution >= 4 is 94.2 Å². The Morgan fingerprint density at radius 3 is 1.59 bits per heavy atom. The number of nitrogens with two attached hydrogens (primary N) is 1. The van der Waals surface area contributed by atoms with Gasteiger partial charge in [0.25, 0.3) is 5.91 Å². The number of carbonyl (C=O) groups is 5. The van der Waals surface area contributed by atoms with E-state index >= 15 is 0 Å². The summed E-state index contributed by atoms with van der Waals surface area (Å²) < 4.78 is 63.6. The third-order valence-corrected chi connectivity index (χ3v) is 28.2. The molecular formula is C110H123N3O14S2. The number of unbranched alkanes of at least 4 members (excludes halogenated alkanes) is 8. The Morgan fingerprint density at radius 1 is 0.512 bits per heavy atom. The predicted molar refractivity (Wildman–Crippen MR) is 522 cm³/mol. The SMILES string of the molecule is CC1(C)CC=C(c2ccccc2)c2cc(C(=O)Cc3ccc(C(=O)O)cc3)ccc21.CCCCCCCOc1cc2c(cc1/C(C)=C/C=C/C(C)=C/C(=O)O)C(C)(N)CCS2(=O)=O.CCCCCCCOc1cc2c(cc1/C(C)=C/c1ccc(C(=O)O)cc1)C(C)(C)CCS2(=O)=O.Cc1ccc(NC(=O)c2ccc3c(c2)C(c2cnc4ccccc4c2)=CCC3(C)C)cc1. The Hall–Kier alpha value is -12.2. The number of hydrogen-bond acceptors (Lipinski definition) is 13. The van der Waals surface area contributed by atoms with Crippen LogP contribution in [0.15, 0.2) is 252 Å². The number of rotatable bonds is 29. The number of allylic oxidation sites excluding steroid dienone is 8. The molecule has 1 atom stereocenters. The van der Waals surface area contributed by atoms with Crippen LogP contribution < -0.4 is 20.5 Å². The lowest BCUT2D eigenvalue weighted by Gasteiger charge is -2.33. The van der Waals surface area contributed by atoms with Crippen LogP contribution in [0.5, 0.6) is 11.5 Å². The number of sulfone groups is 2. The van der Waals surface area contributed by atoms with Gasteiger partial charge in [-0.15, -0.1) is 0 Å². The van der Waals surface area contributed by atoms with Gasteiger partial charge >= 0.3 is 17.9 Å². The molecule has 9 aromatic carbocycles. The average molecular weight is 1780 g/mol. The Labute approximate surface area is 762 Å². The van der Waals surface area contributed by atoms with Crippen LogP contribution in [0.25, 0.3) is 39.3 Å². The molecule has 129 heavy (non-hydrogen) atoms. The standard InChI is InChI=1S/C29H26N2O.C28H36O5S.C27H24O3.C26H37NO5S/c1-19-8-11-23(12-9-19)31-28(32)21-10-13-26-25(17-21)24(14-15-29(26,2)3)22-16-20-6-4-5-7-27(20)30-18-22;1-5-6-7-8-9-15-33-25-19-26-24(28(3,4)14-16-34(26,31)32)18-23(25)20(2)17-21-10-12-22(13-11-21)27(29)30;1-27(2)15-14-22(19-6-4-3-5-7-19)23-17-21(12-13-24(23)27)25(28)16-18-8-10-20(11-9-18)26(29)30;1-5-6-7-8-9-14-32-23-18-24-22(26(4,27)13-15-33(24,30)31)17-21(23)20(3)12-10-11-19(2)16-25(28)29/h4-14,16-18H,15H2,1-3H3,(H,31,32);10-13,17-19H,5-9,14-16H2,1-4H3,(H,29,30);3-14,17H,15-16H2,1-2H3,(H,29,30);10-12,16-18H,5-9,13-15,27H2,1-4H3,(H,28,29)/b;20-17+;;11-10+,19-16+,20-12+. The predicted octanol–water partition coefficient (Wildman–Crippen LogP) is 25.0. The third kappa shape index (κ3) is 25.2. The van der Waals surface area contributed by atoms with Crippen LogP contribution in [0.3, 0.4) is 0 Å². The highest BCUT2D eigenvalue weighted by Gasteiger charge is 2.40. The van der Waals surface area contributed by atoms with Crippen molar-refractivity contribution in [3.63, 3.8) is 0 Å². The van der Waals surface area contributed by atoms with E-state index in [1.807, 2.05) is 143 Å². The number of Topliss-reactive ketones (excluding diaryl/α,β-unsaturated/α-hetero) is 1. The number of ether oxygens (including phenoxy) is 2. The van der Waals surface area contributed by atoms with Crippen LogP contribution >= 0.6 is 0 Å². The second-order valence-corrected chi connectivity index (χ2v) is 40.6. The Morgan fingerprint density at radius 2 is 1.02 bits per heavy atom. The lowest BCUT2D eigenvalue weighted by atomic mass is 9.71. The zero-order chi connectivity index (χ0) is 93.2. The number of hydrogen-bond donors (Lipinski definition) is 5. The minimum atomic E-state index is -3.42. The van der Waals surface area contributed by atoms with E-state index in [9.17, 15) is 40.8 Å². The second kappa shape index (κ2) is 42.8. The summed E-state index contributed by atoms with van der Waals surface area (Å²) in [5.74, 6) is -1.70. The summed E-state index contributed by atoms with van der Waals surface area (Å²) >= 11 is 0. The number of amides is 1. The van der Waals surface area contributed by atoms with Gasteiger partial charge in [0, 0.05) is 63.1 Å². The highest BCUT2D eigenvalue weighted by atomic mass is 32.2. The fraction of sp³-hybridized carbons (Fsp3) is 0.327. The first-order chi connectivity index (χ1) is 61.3. The van der Waals surface area contributed by atoms with Crippen LogP contribution in [0.2, 0.25) is 0 Å². The molecule has 10 aromatic rings. The number of aryl methyl sites for hydroxylation is 1. The highest BCUT2D eigenvalue weighted by Crippen LogP contribution is 2.47. The summed E-state index contributed by atoms with van der Waals surface area (Å²) in [7, 11) is -6.76. The van der Waals surface area contributed by atoms with E-state index in [4.69, 9.17) is 30.5 Å². The van der Waals surface area contributed by atoms with E-state index < -0.39 is 43.1 Å². The molecule has 0 saturated carbocycles. The smallest absolute Gasteiger partial charge is 0.335 e. The molecule has 17 nitrogen and oxygen atoms in total. The molecule has 0 radical (unpaired) electrons. The first kappa shape index (κ1) is 97.5. The first-order valence-corrected chi connectivity index (χ1v) is 48.1. The maximum absolute atomic E-state index is 13.0. The summed E-state index contributed by atoms with van der Waals surface area (Å²) in [5, 5.41) is 31.2. The number of fused-ring (bicyclic) bond motifs is 5. The maximum Gasteiger partial charge on any atom is 0.335 e. The van der Waals surface area contributed by atoms with Gasteiger partial charge in [0.1, 0.15) is 11.5 Å². The van der Waals surface area contributed by atoms with E-state index in [0.29, 0.717) is 64.7 Å². The number of ketones is 1. The minimum absolute atomic E-state index is 0.00900. The van der Waals surface area contributed by atoms with Crippen LogP contribution in [0, 0.1) is 6.92 Å². The van der Waals surface area contributed by atoms with E-state index in [0.717, 1.165) is 140 Å². The van der Waals surface area contributed by atoms with Crippen molar-refractivity contribution in [3.05, 3.63) is 337 Å². The Kier molecular flexibility index (Phi) is 32.4. The molecule has 1 amide bonds. The van der Waals surface area contributed by atoms with Crippen molar-refractivity contribution in [1.82, 2.24) is 4.98 Å². The van der Waals surface area contributed by atoms with Crippen molar-refractivity contribution < 1.29 is 65.6 Å². The molecule has 2 aliphatic heterocycles. The third-order valence-electron chi connectivity index (χ3n) is 24.7. The maximum atomic E-state index is 13.0. The quantitative estimate of drug-likeness (QED) is 0.00957. The number of carboxylic acids is 3. The first-order valence-electron chi connectivity index (χ1n) is 44.8. The Bertz CT molecular complexity index is 6230. The summed E-state index contributed by atoms with van der Waals surface area (Å²) in [6.45, 7) is 28.1. The van der Waals surface area contributed by atoms with Crippen molar-refractivity contribution in [2.24, 2.45) is 5.73 Å². The zero-order valence-corrected chi connectivity index (χ0v) is 78.3. The number of carboxylic acid groups (broad SMARTS) is 3. The fourth-order valence-corrected chi connectivity index (χ4v) is 20.4. The summed E-state index contributed by atoms with van der Waals surface area (Å²) in [5.41, 5.74) is 26.7. The van der Waals surface area contributed by atoms with Gasteiger partial charge in [0.15, 0.2) is 25.5 Å². The van der Waals surface area contributed by atoms with Crippen LogP contribution in [-0.2, 0) is 52.7 Å². The number of nitrogens with one attached hydrogen (secondary N) is 1. The average Bonchev–Trinajstić information content (AvgIpc) is 0.749. The lowest BCUT2D eigenvalue weighted by Crippen LogP contribution is -2.40. The van der Waals surface area contributed by atoms with Gasteiger partial charge in [-0.05, 0) is 258 Å². The molecule has 0 spiro atoms. The van der Waals surface area contributed by atoms with Gasteiger partial charge in [0.05, 0.1) is 51.2 Å². The van der Waals surface area contributed by atoms with Crippen LogP contribution in [-0.4, -0.2) is 91.5 Å². The minimum Gasteiger partial charge on any atom is -0.493 e. The topological polar surface area (TPSA) is 284 Å². The van der Waals surface area contributed by atoms with Gasteiger partial charge in [-0.3, -0.25) is 14.6 Å². The highest BCUT2D eigenvalue weighted by molar-refractivity contribution is 7.91. The zero-order valence-electron chi connectivity index (χ0n) is 76.7. The molecule has 19 heteroatoms. The number of anilines is 1. The summed E-state index contributed by atoms with van der Waals surface area (Å²) in [6.07, 6.45) is 29.1. The van der Waals surface area contributed by atoms with E-state index in [2.05, 4.69) is 114 Å². The molecule has 1 aromatic heterocycles. The Balaban J connectivity index is 0.000000167. The molecule has 2 aliphatic carbocycles. The molecule has 3 heterocycles. The molecule has 0 saturated heterocycles. The normalized spacial score (nSPS) is 16.7. The van der Waals surface area contributed by atoms with E-state index in [-0.39, 0.29) is 61.9 Å². The summed E-state index contributed by atoms with van der Waals surface area (Å²) in [4.78, 5) is 64.3. The molecule has 4 aliphatic rings. The van der Waals surface area contributed by atoms with Gasteiger partial charge in [-0.25, -0.2) is 31.2 Å². The van der Waals surface area contributed by atoms with Gasteiger partial charge < -0.3 is 35.8 Å². The number of aromatic carboxylic acids is 2. The number of para-hydroxylation sites is 1. The molecule has 6 N–H and O–H groups in total. The van der Waals surface area contributed by atoms with Gasteiger partial charge in [0.2, 0.25) is 0 Å². The molecule has 0 bridgehead atoms. The van der Waals surface area contributed by atoms with Crippen molar-refractivity contribution in [1.29, 1.82) is 0 Å². The number of carbonyl (C=O) groups excluding carboxylic acids is 2. The number of nitrogens with zero attached hydrogens (tertiary/aromatic N) is 1. The largest absolute Gasteiger partial charge is 0.493 e. The van der Waals surface area contributed by atoms with Crippen molar-refractivity contribution in [2.45, 2.75) is 218 Å². The molecule has 674 valence electrons. The number of aromatic nitrogens is 1. The number of pyridine rings is 1.